The fraction of sp³-hybridized carbons (Fsp3) is 0.833. The molecule has 0 unspecified atom stereocenters. The molecule has 0 fully saturated rings. The standard InChI is InChI=1S/3C5H11O6P.3CO.Mo/c3*6-1-5(2-7,3-8)4-11-12(9)10;3*1-2;/h3*6-8H,1-4H2;;;;/q3*-2;;;;+6. The number of hydrogen-bond donors (Lipinski definition) is 9. The van der Waals surface area contributed by atoms with Gasteiger partial charge in [-0.2, -0.15) is 25.8 Å². The van der Waals surface area contributed by atoms with Crippen molar-refractivity contribution in [2.45, 2.75) is 0 Å². The molecule has 0 amide bonds. The number of aliphatic hydroxyl groups excluding tert-OH is 9. The first-order chi connectivity index (χ1) is 19.8. The summed E-state index contributed by atoms with van der Waals surface area (Å²) in [6, 6.07) is 0. The Morgan fingerprint density at radius 2 is 0.512 bits per heavy atom. The molecule has 0 aliphatic rings. The zero-order valence-corrected chi connectivity index (χ0v) is 26.8. The van der Waals surface area contributed by atoms with E-state index >= 15 is 0 Å². The van der Waals surface area contributed by atoms with Gasteiger partial charge in [0.25, 0.3) is 20.4 Å². The van der Waals surface area contributed by atoms with E-state index in [0.29, 0.717) is 0 Å². The number of rotatable bonds is 18. The maximum absolute atomic E-state index is 9.96. The minimum atomic E-state index is -3.02. The largest absolute Gasteiger partial charge is 6.00 e. The summed E-state index contributed by atoms with van der Waals surface area (Å²) in [5, 5.41) is 78.2. The van der Waals surface area contributed by atoms with E-state index in [9.17, 15) is 29.4 Å². The molecule has 0 aromatic heterocycles. The third-order valence-corrected chi connectivity index (χ3v) is 5.47. The summed E-state index contributed by atoms with van der Waals surface area (Å²) < 4.78 is 12.5. The molecule has 0 atom stereocenters. The summed E-state index contributed by atoms with van der Waals surface area (Å²) >= 11 is 0. The van der Waals surface area contributed by atoms with Crippen molar-refractivity contribution in [3.8, 4) is 0 Å². The van der Waals surface area contributed by atoms with Gasteiger partial charge in [-0.15, -0.1) is 0 Å². The van der Waals surface area contributed by atoms with Crippen molar-refractivity contribution >= 4 is 46.2 Å². The normalized spacial score (nSPS) is 10.7. The second-order valence-electron chi connectivity index (χ2n) is 7.41. The minimum absolute atomic E-state index is 0. The molecule has 0 saturated carbocycles. The first-order valence-electron chi connectivity index (χ1n) is 10.2. The van der Waals surface area contributed by atoms with Crippen molar-refractivity contribution in [1.29, 1.82) is 0 Å². The van der Waals surface area contributed by atoms with Crippen molar-refractivity contribution in [2.24, 2.45) is 16.2 Å². The summed E-state index contributed by atoms with van der Waals surface area (Å²) in [5.74, 6) is 0. The van der Waals surface area contributed by atoms with E-state index in [1.165, 1.54) is 0 Å². The molecule has 6 radical (unpaired) electrons. The molecule has 0 bridgehead atoms. The monoisotopic (exact) mass is 776 g/mol. The van der Waals surface area contributed by atoms with Crippen LogP contribution in [0.3, 0.4) is 0 Å². The second kappa shape index (κ2) is 40.3. The zero-order valence-electron chi connectivity index (χ0n) is 22.2. The van der Waals surface area contributed by atoms with Crippen LogP contribution >= 0.6 is 25.8 Å². The molecular weight excluding hydrogens is 741 g/mol. The van der Waals surface area contributed by atoms with Crippen molar-refractivity contribution in [3.05, 3.63) is 0 Å². The predicted octanol–water partition coefficient (Wildman–Crippen LogP) is -10.5. The van der Waals surface area contributed by atoms with Gasteiger partial charge < -0.3 is 88.9 Å². The zero-order chi connectivity index (χ0) is 34.8. The van der Waals surface area contributed by atoms with Gasteiger partial charge in [0.15, 0.2) is 0 Å². The fourth-order valence-corrected chi connectivity index (χ4v) is 2.57. The first kappa shape index (κ1) is 58.8. The summed E-state index contributed by atoms with van der Waals surface area (Å²) in [5.41, 5.74) is -3.85. The quantitative estimate of drug-likeness (QED) is 0.0461. The minimum Gasteiger partial charge on any atom is -0.820 e. The third kappa shape index (κ3) is 33.4. The van der Waals surface area contributed by atoms with Gasteiger partial charge in [-0.05, 0) is 0 Å². The molecule has 0 saturated heterocycles. The molecule has 25 heteroatoms. The van der Waals surface area contributed by atoms with Gasteiger partial charge in [-0.1, -0.05) is 0 Å². The topological polar surface area (TPSA) is 399 Å². The van der Waals surface area contributed by atoms with Crippen molar-refractivity contribution in [3.63, 3.8) is 0 Å². The van der Waals surface area contributed by atoms with Gasteiger partial charge in [-0.3, -0.25) is 14.4 Å². The van der Waals surface area contributed by atoms with Crippen LogP contribution in [0.2, 0.25) is 0 Å². The summed E-state index contributed by atoms with van der Waals surface area (Å²) in [4.78, 5) is 82.3. The van der Waals surface area contributed by atoms with E-state index in [0.717, 1.165) is 0 Å². The fourth-order valence-electron chi connectivity index (χ4n) is 1.43. The van der Waals surface area contributed by atoms with Crippen LogP contribution in [0.5, 0.6) is 0 Å². The van der Waals surface area contributed by atoms with E-state index in [-0.39, 0.29) is 21.1 Å². The Morgan fingerprint density at radius 1 is 0.395 bits per heavy atom. The van der Waals surface area contributed by atoms with E-state index in [1.54, 1.807) is 0 Å². The van der Waals surface area contributed by atoms with E-state index in [1.807, 2.05) is 0 Å². The number of hydrogen-bond acceptors (Lipinski definition) is 21. The SMILES string of the molecule is [C]=O.[C]=O.[C]=O.[Mo+6].[O-]P([O-])OCC(CO)(CO)CO.[O-]P([O-])OCC(CO)(CO)CO.[O-]P([O-])OCC(CO)(CO)CO. The Balaban J connectivity index is -0.0000000819. The Labute approximate surface area is 265 Å². The van der Waals surface area contributed by atoms with Crippen LogP contribution in [0, 0.1) is 16.2 Å². The molecule has 0 aromatic rings. The molecular formula is C18H33MoO21P3. The molecule has 0 aromatic carbocycles. The molecule has 0 rings (SSSR count). The molecule has 0 spiro atoms. The van der Waals surface area contributed by atoms with E-state index in [2.05, 4.69) is 33.9 Å². The molecule has 0 heterocycles. The van der Waals surface area contributed by atoms with Crippen LogP contribution in [0.15, 0.2) is 0 Å². The van der Waals surface area contributed by atoms with Crippen molar-refractivity contribution < 1.29 is 124 Å². The van der Waals surface area contributed by atoms with Gasteiger partial charge >= 0.3 is 21.1 Å². The smallest absolute Gasteiger partial charge is 0.820 e. The van der Waals surface area contributed by atoms with Crippen LogP contribution in [0.4, 0.5) is 0 Å². The van der Waals surface area contributed by atoms with E-state index in [4.69, 9.17) is 60.3 Å². The molecule has 21 nitrogen and oxygen atoms in total. The van der Waals surface area contributed by atoms with E-state index < -0.39 is 121 Å². The second-order valence-corrected chi connectivity index (χ2v) is 9.53. The Bertz CT molecular complexity index is 435. The Morgan fingerprint density at radius 3 is 0.581 bits per heavy atom. The van der Waals surface area contributed by atoms with Gasteiger partial charge in [0, 0.05) is 0 Å². The van der Waals surface area contributed by atoms with Crippen molar-refractivity contribution in [2.75, 3.05) is 79.3 Å². The molecule has 0 aliphatic carbocycles. The molecule has 43 heavy (non-hydrogen) atoms. The average Bonchev–Trinajstić information content (AvgIpc) is 3.03. The summed E-state index contributed by atoms with van der Waals surface area (Å²) in [7, 11) is -9.05. The average molecular weight is 774 g/mol. The van der Waals surface area contributed by atoms with Crippen molar-refractivity contribution in [1.82, 2.24) is 0 Å². The summed E-state index contributed by atoms with van der Waals surface area (Å²) in [6.07, 6.45) is 0. The van der Waals surface area contributed by atoms with Gasteiger partial charge in [0.1, 0.15) is 0 Å². The van der Waals surface area contributed by atoms with Crippen LogP contribution in [0.25, 0.3) is 0 Å². The number of aliphatic hydroxyl groups is 9. The molecule has 0 aliphatic heterocycles. The van der Waals surface area contributed by atoms with Crippen LogP contribution in [-0.4, -0.2) is 146 Å². The molecule has 252 valence electrons. The molecule has 9 N–H and O–H groups in total. The van der Waals surface area contributed by atoms with Gasteiger partial charge in [-0.25, -0.2) is 0 Å². The third-order valence-electron chi connectivity index (χ3n) is 4.45. The Kier molecular flexibility index (Phi) is 55.1. The van der Waals surface area contributed by atoms with Crippen LogP contribution in [-0.2, 0) is 49.0 Å². The maximum Gasteiger partial charge on any atom is 6.00 e. The number of carbonyl (C=O) groups excluding carboxylic acids is 3. The Hall–Kier alpha value is 0.268. The van der Waals surface area contributed by atoms with Gasteiger partial charge in [0.2, 0.25) is 0 Å². The summed E-state index contributed by atoms with van der Waals surface area (Å²) in [6.45, 7) is 7.39. The van der Waals surface area contributed by atoms with Crippen LogP contribution < -0.4 is 29.4 Å². The maximum atomic E-state index is 9.96. The van der Waals surface area contributed by atoms with Crippen LogP contribution in [0.1, 0.15) is 0 Å². The van der Waals surface area contributed by atoms with Gasteiger partial charge in [0.05, 0.1) is 95.5 Å². The predicted molar refractivity (Wildman–Crippen MR) is 127 cm³/mol. The first-order valence-corrected chi connectivity index (χ1v) is 13.5.